The van der Waals surface area contributed by atoms with E-state index in [2.05, 4.69) is 6.07 Å². The fourth-order valence-electron chi connectivity index (χ4n) is 4.96. The molecule has 3 aromatic rings. The fourth-order valence-corrected chi connectivity index (χ4v) is 4.96. The van der Waals surface area contributed by atoms with Crippen molar-refractivity contribution in [3.05, 3.63) is 76.3 Å². The maximum absolute atomic E-state index is 13.7. The summed E-state index contributed by atoms with van der Waals surface area (Å²) in [6, 6.07) is 15.4. The van der Waals surface area contributed by atoms with E-state index in [0.717, 1.165) is 33.6 Å². The Morgan fingerprint density at radius 3 is 2.08 bits per heavy atom. The molecule has 0 unspecified atom stereocenters. The molecule has 4 rings (SSSR count). The molecule has 0 bridgehead atoms. The summed E-state index contributed by atoms with van der Waals surface area (Å²) in [5.41, 5.74) is 5.25. The van der Waals surface area contributed by atoms with Crippen molar-refractivity contribution in [2.75, 3.05) is 41.6 Å². The van der Waals surface area contributed by atoms with Gasteiger partial charge in [-0.15, -0.1) is 0 Å². The van der Waals surface area contributed by atoms with Crippen molar-refractivity contribution in [1.29, 1.82) is 0 Å². The smallest absolute Gasteiger partial charge is 0.227 e. The number of hydrogen-bond acceptors (Lipinski definition) is 6. The topological polar surface area (TPSA) is 66.5 Å². The molecule has 1 heterocycles. The predicted octanol–water partition coefficient (Wildman–Crippen LogP) is 5.09. The summed E-state index contributed by atoms with van der Waals surface area (Å²) in [6.07, 6.45) is 0.955. The molecule has 1 atom stereocenters. The number of aryl methyl sites for hydroxylation is 2. The van der Waals surface area contributed by atoms with Crippen LogP contribution < -0.4 is 23.7 Å². The first kappa shape index (κ1) is 26.2. The van der Waals surface area contributed by atoms with E-state index in [1.165, 1.54) is 0 Å². The summed E-state index contributed by atoms with van der Waals surface area (Å²) in [5.74, 6) is 3.35. The number of carbonyl (C=O) groups excluding carboxylic acids is 1. The van der Waals surface area contributed by atoms with Crippen molar-refractivity contribution in [3.8, 4) is 28.7 Å². The first-order valence-corrected chi connectivity index (χ1v) is 12.3. The molecule has 1 aliphatic rings. The Kier molecular flexibility index (Phi) is 8.11. The molecule has 1 amide bonds. The first-order valence-electron chi connectivity index (χ1n) is 12.3. The van der Waals surface area contributed by atoms with Gasteiger partial charge in [0.25, 0.3) is 0 Å². The Morgan fingerprint density at radius 2 is 1.43 bits per heavy atom. The van der Waals surface area contributed by atoms with E-state index >= 15 is 0 Å². The summed E-state index contributed by atoms with van der Waals surface area (Å²) in [5, 5.41) is 0. The van der Waals surface area contributed by atoms with Crippen molar-refractivity contribution in [3.63, 3.8) is 0 Å². The molecule has 0 N–H and O–H groups in total. The summed E-state index contributed by atoms with van der Waals surface area (Å²) < 4.78 is 28.2. The monoisotopic (exact) mass is 505 g/mol. The van der Waals surface area contributed by atoms with Crippen molar-refractivity contribution < 1.29 is 28.5 Å². The van der Waals surface area contributed by atoms with E-state index in [9.17, 15) is 4.79 Å². The van der Waals surface area contributed by atoms with Crippen LogP contribution in [0.4, 0.5) is 0 Å². The van der Waals surface area contributed by atoms with Gasteiger partial charge in [-0.1, -0.05) is 12.1 Å². The molecule has 0 aliphatic carbocycles. The first-order chi connectivity index (χ1) is 17.9. The van der Waals surface area contributed by atoms with E-state index in [0.29, 0.717) is 42.6 Å². The van der Waals surface area contributed by atoms with Crippen LogP contribution in [0.3, 0.4) is 0 Å². The maximum atomic E-state index is 13.7. The zero-order valence-corrected chi connectivity index (χ0v) is 22.4. The highest BCUT2D eigenvalue weighted by Gasteiger charge is 2.33. The van der Waals surface area contributed by atoms with Crippen LogP contribution in [0.15, 0.2) is 48.5 Å². The minimum absolute atomic E-state index is 0.0154. The summed E-state index contributed by atoms with van der Waals surface area (Å²) in [7, 11) is 6.44. The van der Waals surface area contributed by atoms with Gasteiger partial charge in [0.05, 0.1) is 40.9 Å². The lowest BCUT2D eigenvalue weighted by Crippen LogP contribution is -2.43. The quantitative estimate of drug-likeness (QED) is 0.404. The van der Waals surface area contributed by atoms with Gasteiger partial charge in [0, 0.05) is 6.54 Å². The number of benzene rings is 3. The molecule has 3 aromatic carbocycles. The Hall–Kier alpha value is -3.87. The van der Waals surface area contributed by atoms with Gasteiger partial charge in [-0.05, 0) is 84.5 Å². The highest BCUT2D eigenvalue weighted by molar-refractivity contribution is 5.80. The summed E-state index contributed by atoms with van der Waals surface area (Å²) >= 11 is 0. The van der Waals surface area contributed by atoms with Crippen molar-refractivity contribution in [2.24, 2.45) is 0 Å². The van der Waals surface area contributed by atoms with E-state index < -0.39 is 0 Å². The molecule has 196 valence electrons. The van der Waals surface area contributed by atoms with Gasteiger partial charge in [-0.25, -0.2) is 0 Å². The van der Waals surface area contributed by atoms with Gasteiger partial charge >= 0.3 is 0 Å². The lowest BCUT2D eigenvalue weighted by molar-refractivity contribution is -0.134. The van der Waals surface area contributed by atoms with Crippen molar-refractivity contribution in [1.82, 2.24) is 4.90 Å². The SMILES string of the molecule is COc1ccc(CC(=O)N2CCc3cc(OC)c(OC)cc3[C@@H]2COc2cc(C)cc(C)c2)cc1OC. The molecule has 0 aromatic heterocycles. The minimum Gasteiger partial charge on any atom is -0.493 e. The van der Waals surface area contributed by atoms with Crippen LogP contribution in [0.2, 0.25) is 0 Å². The molecule has 37 heavy (non-hydrogen) atoms. The second-order valence-corrected chi connectivity index (χ2v) is 9.26. The number of fused-ring (bicyclic) bond motifs is 1. The molecule has 0 spiro atoms. The van der Waals surface area contributed by atoms with Gasteiger partial charge in [0.2, 0.25) is 5.91 Å². The van der Waals surface area contributed by atoms with Crippen LogP contribution in [0.5, 0.6) is 28.7 Å². The Morgan fingerprint density at radius 1 is 0.811 bits per heavy atom. The largest absolute Gasteiger partial charge is 0.493 e. The number of ether oxygens (including phenoxy) is 5. The predicted molar refractivity (Wildman–Crippen MR) is 142 cm³/mol. The average Bonchev–Trinajstić information content (AvgIpc) is 2.89. The number of nitrogens with zero attached hydrogens (tertiary/aromatic N) is 1. The number of methoxy groups -OCH3 is 4. The van der Waals surface area contributed by atoms with Gasteiger partial charge in [0.1, 0.15) is 12.4 Å². The second kappa shape index (κ2) is 11.5. The third-order valence-electron chi connectivity index (χ3n) is 6.73. The van der Waals surface area contributed by atoms with E-state index in [-0.39, 0.29) is 18.4 Å². The molecule has 0 fully saturated rings. The third kappa shape index (κ3) is 5.77. The van der Waals surface area contributed by atoms with Gasteiger partial charge in [-0.3, -0.25) is 4.79 Å². The molecular formula is C30H35NO6. The molecule has 1 aliphatic heterocycles. The molecular weight excluding hydrogens is 470 g/mol. The molecule has 7 nitrogen and oxygen atoms in total. The summed E-state index contributed by atoms with van der Waals surface area (Å²) in [6.45, 7) is 5.00. The van der Waals surface area contributed by atoms with Crippen molar-refractivity contribution >= 4 is 5.91 Å². The van der Waals surface area contributed by atoms with Gasteiger partial charge in [0.15, 0.2) is 23.0 Å². The molecule has 0 radical (unpaired) electrons. The molecule has 7 heteroatoms. The van der Waals surface area contributed by atoms with Gasteiger partial charge in [-0.2, -0.15) is 0 Å². The normalized spacial score (nSPS) is 14.5. The number of rotatable bonds is 9. The lowest BCUT2D eigenvalue weighted by atomic mass is 9.91. The Bertz CT molecular complexity index is 1250. The van der Waals surface area contributed by atoms with Crippen LogP contribution in [0.25, 0.3) is 0 Å². The van der Waals surface area contributed by atoms with Crippen LogP contribution in [-0.4, -0.2) is 52.4 Å². The summed E-state index contributed by atoms with van der Waals surface area (Å²) in [4.78, 5) is 15.6. The van der Waals surface area contributed by atoms with Gasteiger partial charge < -0.3 is 28.6 Å². The van der Waals surface area contributed by atoms with Crippen LogP contribution in [0, 0.1) is 13.8 Å². The lowest BCUT2D eigenvalue weighted by Gasteiger charge is -2.38. The zero-order chi connectivity index (χ0) is 26.5. The standard InChI is InChI=1S/C30H35NO6/c1-19-11-20(2)13-23(12-19)37-18-25-24-17-29(36-6)28(35-5)16-22(24)9-10-31(25)30(32)15-21-7-8-26(33-3)27(14-21)34-4/h7-8,11-14,16-17,25H,9-10,15,18H2,1-6H3/t25-/m0/s1. The minimum atomic E-state index is -0.281. The number of amides is 1. The number of carbonyl (C=O) groups is 1. The highest BCUT2D eigenvalue weighted by atomic mass is 16.5. The Balaban J connectivity index is 1.65. The van der Waals surface area contributed by atoms with Crippen molar-refractivity contribution in [2.45, 2.75) is 32.7 Å². The zero-order valence-electron chi connectivity index (χ0n) is 22.4. The molecule has 0 saturated heterocycles. The third-order valence-corrected chi connectivity index (χ3v) is 6.73. The highest BCUT2D eigenvalue weighted by Crippen LogP contribution is 2.39. The van der Waals surface area contributed by atoms with Crippen LogP contribution in [0.1, 0.15) is 33.9 Å². The number of hydrogen-bond donors (Lipinski definition) is 0. The van der Waals surface area contributed by atoms with E-state index in [4.69, 9.17) is 23.7 Å². The van der Waals surface area contributed by atoms with E-state index in [1.54, 1.807) is 28.4 Å². The van der Waals surface area contributed by atoms with Crippen LogP contribution in [-0.2, 0) is 17.6 Å². The fraction of sp³-hybridized carbons (Fsp3) is 0.367. The maximum Gasteiger partial charge on any atom is 0.227 e. The van der Waals surface area contributed by atoms with E-state index in [1.807, 2.05) is 61.2 Å². The second-order valence-electron chi connectivity index (χ2n) is 9.26. The molecule has 0 saturated carbocycles. The van der Waals surface area contributed by atoms with Crippen LogP contribution >= 0.6 is 0 Å². The average molecular weight is 506 g/mol. The Labute approximate surface area is 218 Å².